The largest absolute Gasteiger partial charge is 0.469 e. The van der Waals surface area contributed by atoms with Gasteiger partial charge in [0.15, 0.2) is 0 Å². The summed E-state index contributed by atoms with van der Waals surface area (Å²) in [6.45, 7) is 7.35. The van der Waals surface area contributed by atoms with Gasteiger partial charge in [0.25, 0.3) is 0 Å². The van der Waals surface area contributed by atoms with Gasteiger partial charge in [0.05, 0.1) is 11.9 Å². The van der Waals surface area contributed by atoms with E-state index in [0.29, 0.717) is 11.8 Å². The van der Waals surface area contributed by atoms with Gasteiger partial charge in [-0.2, -0.15) is 0 Å². The Morgan fingerprint density at radius 2 is 2.00 bits per heavy atom. The van der Waals surface area contributed by atoms with Crippen molar-refractivity contribution in [1.29, 1.82) is 0 Å². The monoisotopic (exact) mass is 327 g/mol. The first-order valence-electron chi connectivity index (χ1n) is 9.07. The van der Waals surface area contributed by atoms with Crippen molar-refractivity contribution in [3.63, 3.8) is 0 Å². The summed E-state index contributed by atoms with van der Waals surface area (Å²) >= 11 is 0. The van der Waals surface area contributed by atoms with E-state index in [1.807, 2.05) is 6.07 Å². The second kappa shape index (κ2) is 8.00. The number of nitrogens with one attached hydrogen (secondary N) is 1. The second-order valence-electron chi connectivity index (χ2n) is 7.44. The van der Waals surface area contributed by atoms with Crippen molar-refractivity contribution in [2.75, 3.05) is 19.7 Å². The zero-order valence-electron chi connectivity index (χ0n) is 14.8. The average Bonchev–Trinajstić information content (AvgIpc) is 3.09. The van der Waals surface area contributed by atoms with Crippen LogP contribution in [0, 0.1) is 5.92 Å². The Bertz CT molecular complexity index is 592. The number of furan rings is 1. The van der Waals surface area contributed by atoms with Gasteiger partial charge < -0.3 is 14.5 Å². The van der Waals surface area contributed by atoms with Gasteiger partial charge in [0.2, 0.25) is 0 Å². The Kier molecular flexibility index (Phi) is 5.75. The summed E-state index contributed by atoms with van der Waals surface area (Å²) in [6, 6.07) is 14.7. The molecule has 24 heavy (non-hydrogen) atoms. The summed E-state index contributed by atoms with van der Waals surface area (Å²) in [5.41, 5.74) is 1.35. The van der Waals surface area contributed by atoms with Crippen LogP contribution in [0.25, 0.3) is 0 Å². The van der Waals surface area contributed by atoms with E-state index in [9.17, 15) is 0 Å². The van der Waals surface area contributed by atoms with Crippen molar-refractivity contribution < 1.29 is 9.15 Å². The van der Waals surface area contributed by atoms with E-state index in [2.05, 4.69) is 55.6 Å². The highest BCUT2D eigenvalue weighted by atomic mass is 16.5. The van der Waals surface area contributed by atoms with E-state index in [1.165, 1.54) is 5.56 Å². The van der Waals surface area contributed by atoms with E-state index in [-0.39, 0.29) is 5.60 Å². The van der Waals surface area contributed by atoms with Crippen molar-refractivity contribution in [1.82, 2.24) is 5.32 Å². The summed E-state index contributed by atoms with van der Waals surface area (Å²) in [5, 5.41) is 3.66. The fourth-order valence-electron chi connectivity index (χ4n) is 3.73. The van der Waals surface area contributed by atoms with E-state index in [4.69, 9.17) is 9.15 Å². The molecule has 0 aliphatic carbocycles. The zero-order chi connectivity index (χ0) is 16.8. The average molecular weight is 327 g/mol. The Morgan fingerprint density at radius 3 is 2.71 bits per heavy atom. The fraction of sp³-hybridized carbons (Fsp3) is 0.524. The maximum absolute atomic E-state index is 5.81. The Labute approximate surface area is 145 Å². The van der Waals surface area contributed by atoms with E-state index < -0.39 is 0 Å². The molecule has 130 valence electrons. The van der Waals surface area contributed by atoms with Gasteiger partial charge >= 0.3 is 0 Å². The van der Waals surface area contributed by atoms with Crippen LogP contribution in [0.4, 0.5) is 0 Å². The molecule has 1 aromatic carbocycles. The third-order valence-corrected chi connectivity index (χ3v) is 4.93. The van der Waals surface area contributed by atoms with Crippen LogP contribution in [0.3, 0.4) is 0 Å². The quantitative estimate of drug-likeness (QED) is 0.755. The lowest BCUT2D eigenvalue weighted by atomic mass is 9.88. The predicted molar refractivity (Wildman–Crippen MR) is 97.2 cm³/mol. The first-order chi connectivity index (χ1) is 11.6. The number of hydrogen-bond donors (Lipinski definition) is 1. The zero-order valence-corrected chi connectivity index (χ0v) is 14.8. The molecule has 1 N–H and O–H groups in total. The van der Waals surface area contributed by atoms with Crippen LogP contribution in [0.5, 0.6) is 0 Å². The molecule has 1 saturated heterocycles. The lowest BCUT2D eigenvalue weighted by Gasteiger charge is -2.35. The maximum Gasteiger partial charge on any atom is 0.111 e. The Hall–Kier alpha value is -1.58. The van der Waals surface area contributed by atoms with E-state index in [1.54, 1.807) is 6.26 Å². The molecule has 1 aromatic heterocycles. The highest BCUT2D eigenvalue weighted by Gasteiger charge is 2.28. The second-order valence-corrected chi connectivity index (χ2v) is 7.44. The molecule has 1 aliphatic rings. The lowest BCUT2D eigenvalue weighted by Crippen LogP contribution is -2.38. The number of rotatable bonds is 7. The minimum atomic E-state index is 0.0331. The molecule has 2 heterocycles. The van der Waals surface area contributed by atoms with Gasteiger partial charge in [-0.1, -0.05) is 30.3 Å². The Balaban J connectivity index is 1.51. The molecule has 0 amide bonds. The van der Waals surface area contributed by atoms with Crippen molar-refractivity contribution in [3.05, 3.63) is 60.1 Å². The number of benzene rings is 1. The number of hydrogen-bond acceptors (Lipinski definition) is 3. The van der Waals surface area contributed by atoms with Gasteiger partial charge in [0.1, 0.15) is 5.76 Å². The smallest absolute Gasteiger partial charge is 0.111 e. The van der Waals surface area contributed by atoms with Crippen LogP contribution in [0.15, 0.2) is 53.1 Å². The molecule has 3 nitrogen and oxygen atoms in total. The summed E-state index contributed by atoms with van der Waals surface area (Å²) < 4.78 is 11.5. The van der Waals surface area contributed by atoms with Crippen LogP contribution < -0.4 is 5.32 Å². The molecule has 3 heteroatoms. The minimum absolute atomic E-state index is 0.0331. The maximum atomic E-state index is 5.81. The summed E-state index contributed by atoms with van der Waals surface area (Å²) in [6.07, 6.45) is 5.12. The molecule has 0 saturated carbocycles. The summed E-state index contributed by atoms with van der Waals surface area (Å²) in [7, 11) is 0. The molecule has 1 fully saturated rings. The van der Waals surface area contributed by atoms with Crippen molar-refractivity contribution in [3.8, 4) is 0 Å². The minimum Gasteiger partial charge on any atom is -0.469 e. The topological polar surface area (TPSA) is 34.4 Å². The van der Waals surface area contributed by atoms with Crippen LogP contribution in [-0.4, -0.2) is 25.3 Å². The Morgan fingerprint density at radius 1 is 1.17 bits per heavy atom. The molecular weight excluding hydrogens is 298 g/mol. The van der Waals surface area contributed by atoms with E-state index >= 15 is 0 Å². The number of ether oxygens (including phenoxy) is 1. The van der Waals surface area contributed by atoms with Crippen LogP contribution in [-0.2, 0) is 4.74 Å². The normalized spacial score (nSPS) is 21.5. The molecule has 3 rings (SSSR count). The summed E-state index contributed by atoms with van der Waals surface area (Å²) in [5.74, 6) is 2.09. The van der Waals surface area contributed by atoms with Crippen LogP contribution >= 0.6 is 0 Å². The first-order valence-corrected chi connectivity index (χ1v) is 9.07. The molecule has 2 atom stereocenters. The van der Waals surface area contributed by atoms with Crippen molar-refractivity contribution >= 4 is 0 Å². The molecule has 0 unspecified atom stereocenters. The first kappa shape index (κ1) is 17.2. The van der Waals surface area contributed by atoms with Gasteiger partial charge in [-0.05, 0) is 69.8 Å². The molecule has 0 spiro atoms. The van der Waals surface area contributed by atoms with Crippen LogP contribution in [0.2, 0.25) is 0 Å². The third kappa shape index (κ3) is 4.71. The highest BCUT2D eigenvalue weighted by Crippen LogP contribution is 2.29. The third-order valence-electron chi connectivity index (χ3n) is 4.93. The predicted octanol–water partition coefficient (Wildman–Crippen LogP) is 4.60. The molecular formula is C21H29NO2. The van der Waals surface area contributed by atoms with Gasteiger partial charge in [-0.3, -0.25) is 0 Å². The van der Waals surface area contributed by atoms with Crippen LogP contribution in [0.1, 0.15) is 50.4 Å². The van der Waals surface area contributed by atoms with E-state index in [0.717, 1.165) is 44.7 Å². The van der Waals surface area contributed by atoms with Gasteiger partial charge in [-0.15, -0.1) is 0 Å². The molecule has 1 aliphatic heterocycles. The molecule has 0 bridgehead atoms. The molecule has 0 radical (unpaired) electrons. The SMILES string of the molecule is CC1(C)C[C@@H](CNCC[C@@H](c2ccccc2)c2ccco2)CCO1. The standard InChI is InChI=1S/C21H29NO2/c1-21(2)15-17(11-14-24-21)16-22-12-10-19(20-9-6-13-23-20)18-7-4-3-5-8-18/h3-9,13,17,19,22H,10-12,14-16H2,1-2H3/t17-,19-/m0/s1. The van der Waals surface area contributed by atoms with Gasteiger partial charge in [-0.25, -0.2) is 0 Å². The van der Waals surface area contributed by atoms with Gasteiger partial charge in [0, 0.05) is 12.5 Å². The van der Waals surface area contributed by atoms with Crippen molar-refractivity contribution in [2.24, 2.45) is 5.92 Å². The van der Waals surface area contributed by atoms with Crippen molar-refractivity contribution in [2.45, 2.75) is 44.6 Å². The lowest BCUT2D eigenvalue weighted by molar-refractivity contribution is -0.0717. The highest BCUT2D eigenvalue weighted by molar-refractivity contribution is 5.27. The summed E-state index contributed by atoms with van der Waals surface area (Å²) in [4.78, 5) is 0. The fourth-order valence-corrected chi connectivity index (χ4v) is 3.73. The molecule has 2 aromatic rings.